The highest BCUT2D eigenvalue weighted by atomic mass is 16.4. The molecule has 0 radical (unpaired) electrons. The number of aryl methyl sites for hydroxylation is 1. The molecule has 0 spiro atoms. The number of amides is 1. The van der Waals surface area contributed by atoms with E-state index < -0.39 is 11.9 Å². The normalized spacial score (nSPS) is 17.0. The first-order chi connectivity index (χ1) is 10.5. The Bertz CT molecular complexity index is 504. The van der Waals surface area contributed by atoms with Gasteiger partial charge in [-0.1, -0.05) is 49.1 Å². The highest BCUT2D eigenvalue weighted by molar-refractivity contribution is 5.82. The maximum atomic E-state index is 12.1. The summed E-state index contributed by atoms with van der Waals surface area (Å²) in [5.74, 6) is -1.70. The van der Waals surface area contributed by atoms with Gasteiger partial charge in [-0.05, 0) is 31.7 Å². The van der Waals surface area contributed by atoms with Gasteiger partial charge in [0.2, 0.25) is 5.91 Å². The summed E-state index contributed by atoms with van der Waals surface area (Å²) in [6.07, 6.45) is 6.02. The lowest BCUT2D eigenvalue weighted by atomic mass is 9.93. The molecule has 1 aromatic carbocycles. The van der Waals surface area contributed by atoms with Crippen LogP contribution < -0.4 is 5.32 Å². The summed E-state index contributed by atoms with van der Waals surface area (Å²) in [5.41, 5.74) is 2.11. The Morgan fingerprint density at radius 2 is 1.82 bits per heavy atom. The smallest absolute Gasteiger partial charge is 0.307 e. The minimum Gasteiger partial charge on any atom is -0.481 e. The fourth-order valence-electron chi connectivity index (χ4n) is 3.01. The van der Waals surface area contributed by atoms with E-state index in [0.717, 1.165) is 36.8 Å². The molecule has 1 unspecified atom stereocenters. The molecule has 120 valence electrons. The zero-order chi connectivity index (χ0) is 15.9. The average molecular weight is 303 g/mol. The number of hydrogen-bond donors (Lipinski definition) is 2. The number of benzene rings is 1. The van der Waals surface area contributed by atoms with Crippen LogP contribution >= 0.6 is 0 Å². The van der Waals surface area contributed by atoms with Crippen molar-refractivity contribution in [3.63, 3.8) is 0 Å². The molecule has 1 aliphatic carbocycles. The van der Waals surface area contributed by atoms with Crippen LogP contribution in [0.25, 0.3) is 0 Å². The van der Waals surface area contributed by atoms with Crippen LogP contribution in [0.2, 0.25) is 0 Å². The second-order valence-corrected chi connectivity index (χ2v) is 6.33. The van der Waals surface area contributed by atoms with Crippen LogP contribution in [0.1, 0.15) is 49.7 Å². The molecule has 4 heteroatoms. The van der Waals surface area contributed by atoms with Crippen LogP contribution in [0.15, 0.2) is 24.3 Å². The van der Waals surface area contributed by atoms with Gasteiger partial charge < -0.3 is 10.4 Å². The maximum Gasteiger partial charge on any atom is 0.307 e. The van der Waals surface area contributed by atoms with Gasteiger partial charge in [0.1, 0.15) is 0 Å². The number of rotatable bonds is 6. The Kier molecular flexibility index (Phi) is 5.99. The van der Waals surface area contributed by atoms with Crippen molar-refractivity contribution in [3.8, 4) is 0 Å². The summed E-state index contributed by atoms with van der Waals surface area (Å²) < 4.78 is 0. The number of carbonyl (C=O) groups excluding carboxylic acids is 1. The van der Waals surface area contributed by atoms with E-state index in [9.17, 15) is 14.7 Å². The van der Waals surface area contributed by atoms with Gasteiger partial charge in [-0.15, -0.1) is 0 Å². The van der Waals surface area contributed by atoms with Gasteiger partial charge in [0.15, 0.2) is 0 Å². The minimum atomic E-state index is -0.903. The van der Waals surface area contributed by atoms with Gasteiger partial charge in [0.05, 0.1) is 5.92 Å². The fourth-order valence-corrected chi connectivity index (χ4v) is 3.01. The van der Waals surface area contributed by atoms with E-state index in [4.69, 9.17) is 0 Å². The average Bonchev–Trinajstić information content (AvgIpc) is 2.49. The van der Waals surface area contributed by atoms with Crippen LogP contribution in [0.4, 0.5) is 0 Å². The van der Waals surface area contributed by atoms with E-state index in [1.54, 1.807) is 0 Å². The lowest BCUT2D eigenvalue weighted by Gasteiger charge is -2.23. The fraction of sp³-hybridized carbons (Fsp3) is 0.556. The number of aliphatic carboxylic acids is 1. The van der Waals surface area contributed by atoms with Crippen molar-refractivity contribution in [2.75, 3.05) is 0 Å². The molecular weight excluding hydrogens is 278 g/mol. The first-order valence-corrected chi connectivity index (χ1v) is 8.12. The van der Waals surface area contributed by atoms with Gasteiger partial charge >= 0.3 is 5.97 Å². The van der Waals surface area contributed by atoms with Crippen molar-refractivity contribution in [2.45, 2.75) is 57.9 Å². The SMILES string of the molecule is Cc1ccc(CC(CC(=O)NC2CCCCC2)C(=O)O)cc1. The lowest BCUT2D eigenvalue weighted by molar-refractivity contribution is -0.144. The molecule has 2 rings (SSSR count). The van der Waals surface area contributed by atoms with Gasteiger partial charge in [-0.2, -0.15) is 0 Å². The molecule has 1 aromatic rings. The summed E-state index contributed by atoms with van der Waals surface area (Å²) in [6, 6.07) is 8.04. The predicted octanol–water partition coefficient (Wildman–Crippen LogP) is 3.08. The minimum absolute atomic E-state index is 0.0553. The molecule has 1 aliphatic rings. The molecule has 1 atom stereocenters. The van der Waals surface area contributed by atoms with E-state index in [1.165, 1.54) is 6.42 Å². The van der Waals surface area contributed by atoms with Crippen LogP contribution in [0.3, 0.4) is 0 Å². The Balaban J connectivity index is 1.88. The van der Waals surface area contributed by atoms with E-state index in [-0.39, 0.29) is 18.4 Å². The summed E-state index contributed by atoms with van der Waals surface area (Å²) in [5, 5.41) is 12.4. The van der Waals surface area contributed by atoms with Crippen LogP contribution in [-0.4, -0.2) is 23.0 Å². The molecule has 1 amide bonds. The highest BCUT2D eigenvalue weighted by Crippen LogP contribution is 2.19. The zero-order valence-corrected chi connectivity index (χ0v) is 13.2. The zero-order valence-electron chi connectivity index (χ0n) is 13.2. The predicted molar refractivity (Wildman–Crippen MR) is 85.6 cm³/mol. The van der Waals surface area contributed by atoms with Crippen molar-refractivity contribution in [1.82, 2.24) is 5.32 Å². The first kappa shape index (κ1) is 16.5. The molecule has 2 N–H and O–H groups in total. The molecule has 4 nitrogen and oxygen atoms in total. The van der Waals surface area contributed by atoms with E-state index in [1.807, 2.05) is 31.2 Å². The largest absolute Gasteiger partial charge is 0.481 e. The molecule has 0 bridgehead atoms. The molecule has 0 saturated heterocycles. The number of nitrogens with one attached hydrogen (secondary N) is 1. The van der Waals surface area contributed by atoms with Crippen molar-refractivity contribution >= 4 is 11.9 Å². The van der Waals surface area contributed by atoms with Gasteiger partial charge in [-0.25, -0.2) is 0 Å². The summed E-state index contributed by atoms with van der Waals surface area (Å²) in [4.78, 5) is 23.5. The number of carboxylic acid groups (broad SMARTS) is 1. The van der Waals surface area contributed by atoms with Gasteiger partial charge in [0.25, 0.3) is 0 Å². The molecule has 0 aliphatic heterocycles. The van der Waals surface area contributed by atoms with Crippen molar-refractivity contribution < 1.29 is 14.7 Å². The van der Waals surface area contributed by atoms with Gasteiger partial charge in [-0.3, -0.25) is 9.59 Å². The van der Waals surface area contributed by atoms with Crippen molar-refractivity contribution in [3.05, 3.63) is 35.4 Å². The van der Waals surface area contributed by atoms with E-state index in [2.05, 4.69) is 5.32 Å². The topological polar surface area (TPSA) is 66.4 Å². The van der Waals surface area contributed by atoms with E-state index >= 15 is 0 Å². The second kappa shape index (κ2) is 7.97. The molecule has 1 fully saturated rings. The third-order valence-corrected chi connectivity index (χ3v) is 4.35. The first-order valence-electron chi connectivity index (χ1n) is 8.12. The number of hydrogen-bond acceptors (Lipinski definition) is 2. The standard InChI is InChI=1S/C18H25NO3/c1-13-7-9-14(10-8-13)11-15(18(21)22)12-17(20)19-16-5-3-2-4-6-16/h7-10,15-16H,2-6,11-12H2,1H3,(H,19,20)(H,21,22). The number of carbonyl (C=O) groups is 2. The monoisotopic (exact) mass is 303 g/mol. The molecular formula is C18H25NO3. The Hall–Kier alpha value is -1.84. The number of carboxylic acids is 1. The molecule has 0 heterocycles. The Morgan fingerprint density at radius 3 is 2.41 bits per heavy atom. The van der Waals surface area contributed by atoms with Gasteiger partial charge in [0, 0.05) is 12.5 Å². The molecule has 0 aromatic heterocycles. The quantitative estimate of drug-likeness (QED) is 0.848. The second-order valence-electron chi connectivity index (χ2n) is 6.33. The molecule has 1 saturated carbocycles. The third kappa shape index (κ3) is 5.17. The summed E-state index contributed by atoms with van der Waals surface area (Å²) in [6.45, 7) is 2.00. The Morgan fingerprint density at radius 1 is 1.18 bits per heavy atom. The summed E-state index contributed by atoms with van der Waals surface area (Å²) in [7, 11) is 0. The Labute approximate surface area is 131 Å². The van der Waals surface area contributed by atoms with Crippen LogP contribution in [0, 0.1) is 12.8 Å². The van der Waals surface area contributed by atoms with Crippen LogP contribution in [-0.2, 0) is 16.0 Å². The highest BCUT2D eigenvalue weighted by Gasteiger charge is 2.23. The lowest BCUT2D eigenvalue weighted by Crippen LogP contribution is -2.38. The van der Waals surface area contributed by atoms with Crippen LogP contribution in [0.5, 0.6) is 0 Å². The van der Waals surface area contributed by atoms with Crippen molar-refractivity contribution in [1.29, 1.82) is 0 Å². The molecule has 22 heavy (non-hydrogen) atoms. The van der Waals surface area contributed by atoms with Crippen molar-refractivity contribution in [2.24, 2.45) is 5.92 Å². The maximum absolute atomic E-state index is 12.1. The van der Waals surface area contributed by atoms with E-state index in [0.29, 0.717) is 6.42 Å². The summed E-state index contributed by atoms with van der Waals surface area (Å²) >= 11 is 0. The third-order valence-electron chi connectivity index (χ3n) is 4.35.